The first-order chi connectivity index (χ1) is 18.9. The summed E-state index contributed by atoms with van der Waals surface area (Å²) in [7, 11) is -2.95. The molecule has 3 heterocycles. The first kappa shape index (κ1) is 25.6. The summed E-state index contributed by atoms with van der Waals surface area (Å²) < 4.78 is 25.6. The van der Waals surface area contributed by atoms with Crippen molar-refractivity contribution in [1.29, 1.82) is 5.26 Å². The number of pyridine rings is 1. The van der Waals surface area contributed by atoms with Crippen LogP contribution >= 0.6 is 0 Å². The number of carbonyl (C=O) groups excluding carboxylic acids is 1. The third kappa shape index (κ3) is 5.28. The number of carbonyl (C=O) groups is 1. The van der Waals surface area contributed by atoms with Gasteiger partial charge < -0.3 is 10.2 Å². The number of rotatable bonds is 6. The number of anilines is 1. The van der Waals surface area contributed by atoms with Crippen molar-refractivity contribution in [2.45, 2.75) is 50.0 Å². The van der Waals surface area contributed by atoms with E-state index in [9.17, 15) is 18.5 Å². The minimum Gasteiger partial charge on any atom is -0.369 e. The van der Waals surface area contributed by atoms with Gasteiger partial charge in [-0.05, 0) is 55.5 Å². The Morgan fingerprint density at radius 1 is 1.05 bits per heavy atom. The first-order valence-corrected chi connectivity index (χ1v) is 15.5. The van der Waals surface area contributed by atoms with Crippen LogP contribution in [0.5, 0.6) is 0 Å². The van der Waals surface area contributed by atoms with E-state index < -0.39 is 15.4 Å². The van der Waals surface area contributed by atoms with Crippen LogP contribution in [-0.4, -0.2) is 59.2 Å². The molecular formula is C29H32N6O3S. The first-order valence-electron chi connectivity index (χ1n) is 13.7. The molecule has 0 radical (unpaired) electrons. The average Bonchev–Trinajstić information content (AvgIpc) is 3.60. The van der Waals surface area contributed by atoms with Gasteiger partial charge in [-0.2, -0.15) is 10.4 Å². The second kappa shape index (κ2) is 10.1. The number of amides is 1. The maximum absolute atomic E-state index is 13.4. The molecule has 1 amide bonds. The van der Waals surface area contributed by atoms with Crippen LogP contribution in [-0.2, 0) is 14.6 Å². The molecule has 1 aromatic carbocycles. The molecular weight excluding hydrogens is 512 g/mol. The smallest absolute Gasteiger partial charge is 0.225 e. The molecule has 2 saturated carbocycles. The summed E-state index contributed by atoms with van der Waals surface area (Å²) in [6.07, 6.45) is 10.6. The Morgan fingerprint density at radius 3 is 2.46 bits per heavy atom. The van der Waals surface area contributed by atoms with Crippen molar-refractivity contribution in [2.24, 2.45) is 5.92 Å². The number of hydrogen-bond acceptors (Lipinski definition) is 7. The van der Waals surface area contributed by atoms with Crippen molar-refractivity contribution in [3.05, 3.63) is 60.7 Å². The van der Waals surface area contributed by atoms with Crippen molar-refractivity contribution >= 4 is 21.4 Å². The van der Waals surface area contributed by atoms with Gasteiger partial charge in [0, 0.05) is 48.6 Å². The molecule has 3 fully saturated rings. The molecule has 39 heavy (non-hydrogen) atoms. The van der Waals surface area contributed by atoms with Crippen LogP contribution in [0.25, 0.3) is 16.8 Å². The van der Waals surface area contributed by atoms with E-state index in [-0.39, 0.29) is 29.2 Å². The van der Waals surface area contributed by atoms with Crippen molar-refractivity contribution in [2.75, 3.05) is 29.5 Å². The van der Waals surface area contributed by atoms with E-state index in [0.717, 1.165) is 53.9 Å². The molecule has 10 heteroatoms. The van der Waals surface area contributed by atoms with E-state index in [2.05, 4.69) is 33.4 Å². The van der Waals surface area contributed by atoms with Crippen LogP contribution in [0.1, 0.15) is 50.1 Å². The highest BCUT2D eigenvalue weighted by Gasteiger charge is 2.47. The van der Waals surface area contributed by atoms with Gasteiger partial charge in [0.15, 0.2) is 9.84 Å². The van der Waals surface area contributed by atoms with Crippen LogP contribution < -0.4 is 10.2 Å². The molecule has 202 valence electrons. The number of aromatic nitrogens is 3. The van der Waals surface area contributed by atoms with Gasteiger partial charge in [-0.3, -0.25) is 9.78 Å². The standard InChI is InChI=1S/C29H32N6O3S/c30-20-29(11-12-29)32-28(36)25-6-2-1-5-24(25)27-26(19-35(33-27)23-4-3-13-31-18-23)21-7-9-22(10-8-21)34-14-16-39(37,38)17-15-34/h3-4,7-10,13,18-19,24-25H,1-2,5-6,11-12,14-17H2,(H,32,36). The van der Waals surface area contributed by atoms with Gasteiger partial charge >= 0.3 is 0 Å². The molecule has 1 aliphatic heterocycles. The Balaban J connectivity index is 1.34. The second-order valence-electron chi connectivity index (χ2n) is 11.0. The molecule has 2 aromatic heterocycles. The normalized spacial score (nSPS) is 23.5. The lowest BCUT2D eigenvalue weighted by Gasteiger charge is -2.31. The summed E-state index contributed by atoms with van der Waals surface area (Å²) in [5.41, 5.74) is 4.00. The summed E-state index contributed by atoms with van der Waals surface area (Å²) in [5, 5.41) is 17.6. The highest BCUT2D eigenvalue weighted by molar-refractivity contribution is 7.91. The van der Waals surface area contributed by atoms with E-state index in [1.54, 1.807) is 12.4 Å². The molecule has 9 nitrogen and oxygen atoms in total. The Hall–Kier alpha value is -3.71. The number of nitrogens with one attached hydrogen (secondary N) is 1. The van der Waals surface area contributed by atoms with Crippen LogP contribution in [0.2, 0.25) is 0 Å². The fourth-order valence-electron chi connectivity index (χ4n) is 5.82. The number of benzene rings is 1. The summed E-state index contributed by atoms with van der Waals surface area (Å²) in [4.78, 5) is 19.8. The monoisotopic (exact) mass is 544 g/mol. The number of sulfone groups is 1. The van der Waals surface area contributed by atoms with E-state index in [4.69, 9.17) is 5.10 Å². The summed E-state index contributed by atoms with van der Waals surface area (Å²) in [6, 6.07) is 14.3. The zero-order chi connectivity index (χ0) is 27.0. The van der Waals surface area contributed by atoms with Gasteiger partial charge in [-0.1, -0.05) is 25.0 Å². The predicted molar refractivity (Wildman–Crippen MR) is 148 cm³/mol. The Morgan fingerprint density at radius 2 is 1.79 bits per heavy atom. The molecule has 2 aliphatic carbocycles. The maximum atomic E-state index is 13.4. The van der Waals surface area contributed by atoms with Crippen LogP contribution in [0.4, 0.5) is 5.69 Å². The molecule has 2 atom stereocenters. The zero-order valence-electron chi connectivity index (χ0n) is 21.8. The number of nitrogens with zero attached hydrogens (tertiary/aromatic N) is 5. The Kier molecular flexibility index (Phi) is 6.63. The van der Waals surface area contributed by atoms with E-state index in [0.29, 0.717) is 25.9 Å². The van der Waals surface area contributed by atoms with Gasteiger partial charge in [-0.15, -0.1) is 0 Å². The largest absolute Gasteiger partial charge is 0.369 e. The van der Waals surface area contributed by atoms with Crippen molar-refractivity contribution in [3.8, 4) is 22.9 Å². The molecule has 0 spiro atoms. The molecule has 0 bridgehead atoms. The Bertz CT molecular complexity index is 1490. The lowest BCUT2D eigenvalue weighted by atomic mass is 9.75. The van der Waals surface area contributed by atoms with E-state index >= 15 is 0 Å². The van der Waals surface area contributed by atoms with Crippen LogP contribution in [0, 0.1) is 17.2 Å². The minimum absolute atomic E-state index is 0.0453. The summed E-state index contributed by atoms with van der Waals surface area (Å²) in [6.45, 7) is 0.990. The van der Waals surface area contributed by atoms with Crippen LogP contribution in [0.3, 0.4) is 0 Å². The van der Waals surface area contributed by atoms with Gasteiger partial charge in [0.1, 0.15) is 5.54 Å². The molecule has 1 N–H and O–H groups in total. The molecule has 1 saturated heterocycles. The van der Waals surface area contributed by atoms with Crippen molar-refractivity contribution < 1.29 is 13.2 Å². The fourth-order valence-corrected chi connectivity index (χ4v) is 7.02. The lowest BCUT2D eigenvalue weighted by Crippen LogP contribution is -2.42. The maximum Gasteiger partial charge on any atom is 0.225 e. The van der Waals surface area contributed by atoms with Crippen molar-refractivity contribution in [3.63, 3.8) is 0 Å². The second-order valence-corrected chi connectivity index (χ2v) is 13.3. The zero-order valence-corrected chi connectivity index (χ0v) is 22.6. The third-order valence-electron chi connectivity index (χ3n) is 8.32. The highest BCUT2D eigenvalue weighted by atomic mass is 32.2. The molecule has 3 aliphatic rings. The number of nitriles is 1. The lowest BCUT2D eigenvalue weighted by molar-refractivity contribution is -0.127. The summed E-state index contributed by atoms with van der Waals surface area (Å²) in [5.74, 6) is 0.00333. The average molecular weight is 545 g/mol. The number of hydrogen-bond donors (Lipinski definition) is 1. The fraction of sp³-hybridized carbons (Fsp3) is 0.448. The van der Waals surface area contributed by atoms with Gasteiger partial charge in [0.05, 0.1) is 35.2 Å². The molecule has 6 rings (SSSR count). The molecule has 2 unspecified atom stereocenters. The van der Waals surface area contributed by atoms with Crippen molar-refractivity contribution in [1.82, 2.24) is 20.1 Å². The summed E-state index contributed by atoms with van der Waals surface area (Å²) >= 11 is 0. The topological polar surface area (TPSA) is 121 Å². The van der Waals surface area contributed by atoms with Gasteiger partial charge in [0.25, 0.3) is 0 Å². The molecule has 3 aromatic rings. The van der Waals surface area contributed by atoms with Gasteiger partial charge in [-0.25, -0.2) is 13.1 Å². The van der Waals surface area contributed by atoms with Crippen LogP contribution in [0.15, 0.2) is 55.0 Å². The third-order valence-corrected chi connectivity index (χ3v) is 9.93. The Labute approximate surface area is 228 Å². The van der Waals surface area contributed by atoms with Gasteiger partial charge in [0.2, 0.25) is 5.91 Å². The predicted octanol–water partition coefficient (Wildman–Crippen LogP) is 3.62. The SMILES string of the molecule is N#CC1(NC(=O)C2CCCCC2c2nn(-c3cccnc3)cc2-c2ccc(N3CCS(=O)(=O)CC3)cc2)CC1. The minimum atomic E-state index is -2.95. The van der Waals surface area contributed by atoms with E-state index in [1.165, 1.54) is 0 Å². The highest BCUT2D eigenvalue weighted by Crippen LogP contribution is 2.43. The van der Waals surface area contributed by atoms with E-state index in [1.807, 2.05) is 35.1 Å². The quantitative estimate of drug-likeness (QED) is 0.503.